The molecule has 1 heterocycles. The molecule has 3 aromatic carbocycles. The Kier molecular flexibility index (Phi) is 8.62. The number of sulfonamides is 1. The molecular formula is C28H33N3O6S. The van der Waals surface area contributed by atoms with Gasteiger partial charge in [-0.3, -0.25) is 9.52 Å². The van der Waals surface area contributed by atoms with Gasteiger partial charge in [0.25, 0.3) is 15.9 Å². The van der Waals surface area contributed by atoms with E-state index >= 15 is 0 Å². The number of ether oxygens (including phenoxy) is 3. The quantitative estimate of drug-likeness (QED) is 0.417. The highest BCUT2D eigenvalue weighted by Crippen LogP contribution is 2.29. The van der Waals surface area contributed by atoms with Crippen LogP contribution < -0.4 is 23.8 Å². The summed E-state index contributed by atoms with van der Waals surface area (Å²) in [5.74, 6) is 1.83. The molecule has 38 heavy (non-hydrogen) atoms. The van der Waals surface area contributed by atoms with Crippen LogP contribution in [0.4, 0.5) is 11.4 Å². The minimum absolute atomic E-state index is 0.107. The third kappa shape index (κ3) is 6.49. The zero-order valence-electron chi connectivity index (χ0n) is 21.8. The molecule has 1 amide bonds. The zero-order valence-corrected chi connectivity index (χ0v) is 22.7. The van der Waals surface area contributed by atoms with E-state index in [9.17, 15) is 13.2 Å². The number of para-hydroxylation sites is 2. The summed E-state index contributed by atoms with van der Waals surface area (Å²) in [6.07, 6.45) is 0. The predicted octanol–water partition coefficient (Wildman–Crippen LogP) is 3.93. The Morgan fingerprint density at radius 3 is 2.29 bits per heavy atom. The van der Waals surface area contributed by atoms with E-state index in [0.29, 0.717) is 55.5 Å². The van der Waals surface area contributed by atoms with Gasteiger partial charge in [-0.2, -0.15) is 0 Å². The van der Waals surface area contributed by atoms with Crippen molar-refractivity contribution in [1.29, 1.82) is 0 Å². The molecule has 0 unspecified atom stereocenters. The van der Waals surface area contributed by atoms with Crippen molar-refractivity contribution in [1.82, 2.24) is 4.90 Å². The van der Waals surface area contributed by atoms with Crippen LogP contribution in [0, 0.1) is 6.92 Å². The van der Waals surface area contributed by atoms with Crippen molar-refractivity contribution in [2.75, 3.05) is 56.1 Å². The molecule has 0 saturated carbocycles. The molecule has 9 nitrogen and oxygen atoms in total. The van der Waals surface area contributed by atoms with Crippen molar-refractivity contribution in [3.05, 3.63) is 72.3 Å². The molecule has 1 aliphatic rings. The van der Waals surface area contributed by atoms with Crippen LogP contribution in [0.5, 0.6) is 17.2 Å². The summed E-state index contributed by atoms with van der Waals surface area (Å²) in [4.78, 5) is 16.9. The monoisotopic (exact) mass is 539 g/mol. The van der Waals surface area contributed by atoms with Crippen LogP contribution in [-0.2, 0) is 14.8 Å². The summed E-state index contributed by atoms with van der Waals surface area (Å²) < 4.78 is 44.9. The molecule has 0 bridgehead atoms. The fourth-order valence-electron chi connectivity index (χ4n) is 4.27. The summed E-state index contributed by atoms with van der Waals surface area (Å²) in [6, 6.07) is 19.1. The average molecular weight is 540 g/mol. The normalized spacial score (nSPS) is 13.7. The van der Waals surface area contributed by atoms with E-state index in [1.54, 1.807) is 49.3 Å². The number of carbonyl (C=O) groups excluding carboxylic acids is 1. The lowest BCUT2D eigenvalue weighted by Crippen LogP contribution is -2.50. The molecule has 0 atom stereocenters. The number of benzene rings is 3. The van der Waals surface area contributed by atoms with E-state index in [-0.39, 0.29) is 17.4 Å². The number of nitrogens with one attached hydrogen (secondary N) is 1. The summed E-state index contributed by atoms with van der Waals surface area (Å²) in [6.45, 7) is 6.59. The van der Waals surface area contributed by atoms with Crippen molar-refractivity contribution in [3.63, 3.8) is 0 Å². The van der Waals surface area contributed by atoms with Gasteiger partial charge in [0.15, 0.2) is 6.61 Å². The maximum absolute atomic E-state index is 12.9. The van der Waals surface area contributed by atoms with Crippen LogP contribution in [0.1, 0.15) is 12.5 Å². The summed E-state index contributed by atoms with van der Waals surface area (Å²) in [7, 11) is -2.14. The van der Waals surface area contributed by atoms with Crippen LogP contribution in [-0.4, -0.2) is 65.7 Å². The Labute approximate surface area is 224 Å². The van der Waals surface area contributed by atoms with Gasteiger partial charge in [-0.25, -0.2) is 8.42 Å². The molecule has 1 N–H and O–H groups in total. The van der Waals surface area contributed by atoms with Crippen molar-refractivity contribution in [3.8, 4) is 17.2 Å². The van der Waals surface area contributed by atoms with E-state index in [1.807, 2.05) is 31.2 Å². The van der Waals surface area contributed by atoms with Gasteiger partial charge in [0.2, 0.25) is 0 Å². The lowest BCUT2D eigenvalue weighted by atomic mass is 10.2. The van der Waals surface area contributed by atoms with Crippen LogP contribution in [0.15, 0.2) is 71.6 Å². The number of rotatable bonds is 10. The van der Waals surface area contributed by atoms with Gasteiger partial charge in [-0.1, -0.05) is 12.1 Å². The highest BCUT2D eigenvalue weighted by Gasteiger charge is 2.23. The molecule has 0 radical (unpaired) electrons. The van der Waals surface area contributed by atoms with Crippen LogP contribution in [0.2, 0.25) is 0 Å². The number of anilines is 2. The van der Waals surface area contributed by atoms with E-state index in [0.717, 1.165) is 11.4 Å². The third-order valence-corrected chi connectivity index (χ3v) is 7.66. The number of carbonyl (C=O) groups is 1. The lowest BCUT2D eigenvalue weighted by molar-refractivity contribution is -0.133. The zero-order chi connectivity index (χ0) is 27.1. The fourth-order valence-corrected chi connectivity index (χ4v) is 5.41. The molecule has 0 aromatic heterocycles. The largest absolute Gasteiger partial charge is 0.495 e. The molecule has 0 spiro atoms. The van der Waals surface area contributed by atoms with Gasteiger partial charge >= 0.3 is 0 Å². The minimum Gasteiger partial charge on any atom is -0.495 e. The standard InChI is InChI=1S/C28H33N3O6S/c1-4-36-23-11-9-22(10-12-23)29-38(33,34)24-13-14-26(21(2)19-24)37-20-28(32)31-17-15-30(16-18-31)25-7-5-6-8-27(25)35-3/h5-14,19,29H,4,15-18,20H2,1-3H3. The van der Waals surface area contributed by atoms with Gasteiger partial charge in [0, 0.05) is 31.9 Å². The second-order valence-electron chi connectivity index (χ2n) is 8.82. The Morgan fingerprint density at radius 1 is 0.921 bits per heavy atom. The van der Waals surface area contributed by atoms with Crippen molar-refractivity contribution >= 4 is 27.3 Å². The number of aryl methyl sites for hydroxylation is 1. The van der Waals surface area contributed by atoms with E-state index in [2.05, 4.69) is 9.62 Å². The molecule has 202 valence electrons. The summed E-state index contributed by atoms with van der Waals surface area (Å²) >= 11 is 0. The van der Waals surface area contributed by atoms with Gasteiger partial charge in [0.05, 0.1) is 24.3 Å². The highest BCUT2D eigenvalue weighted by molar-refractivity contribution is 7.92. The van der Waals surface area contributed by atoms with Gasteiger partial charge in [-0.05, 0) is 74.0 Å². The maximum Gasteiger partial charge on any atom is 0.261 e. The number of nitrogens with zero attached hydrogens (tertiary/aromatic N) is 2. The first-order valence-corrected chi connectivity index (χ1v) is 13.9. The number of hydrogen-bond donors (Lipinski definition) is 1. The third-order valence-electron chi connectivity index (χ3n) is 6.28. The van der Waals surface area contributed by atoms with Crippen molar-refractivity contribution in [2.24, 2.45) is 0 Å². The van der Waals surface area contributed by atoms with Gasteiger partial charge in [-0.15, -0.1) is 0 Å². The average Bonchev–Trinajstić information content (AvgIpc) is 2.93. The van der Waals surface area contributed by atoms with E-state index in [4.69, 9.17) is 14.2 Å². The van der Waals surface area contributed by atoms with Crippen molar-refractivity contribution < 1.29 is 27.4 Å². The number of hydrogen-bond acceptors (Lipinski definition) is 7. The van der Waals surface area contributed by atoms with Crippen LogP contribution in [0.3, 0.4) is 0 Å². The Morgan fingerprint density at radius 2 is 1.63 bits per heavy atom. The Hall–Kier alpha value is -3.92. The molecule has 1 fully saturated rings. The first-order valence-electron chi connectivity index (χ1n) is 12.5. The van der Waals surface area contributed by atoms with Gasteiger partial charge < -0.3 is 24.0 Å². The molecule has 0 aliphatic carbocycles. The second-order valence-corrected chi connectivity index (χ2v) is 10.5. The first kappa shape index (κ1) is 27.1. The van der Waals surface area contributed by atoms with E-state index in [1.165, 1.54) is 12.1 Å². The predicted molar refractivity (Wildman–Crippen MR) is 147 cm³/mol. The first-order chi connectivity index (χ1) is 18.3. The van der Waals surface area contributed by atoms with Crippen LogP contribution >= 0.6 is 0 Å². The SMILES string of the molecule is CCOc1ccc(NS(=O)(=O)c2ccc(OCC(=O)N3CCN(c4ccccc4OC)CC3)c(C)c2)cc1. The molecule has 4 rings (SSSR count). The smallest absolute Gasteiger partial charge is 0.261 e. The minimum atomic E-state index is -3.79. The molecule has 1 saturated heterocycles. The lowest BCUT2D eigenvalue weighted by Gasteiger charge is -2.36. The molecule has 3 aromatic rings. The Balaban J connectivity index is 1.31. The van der Waals surface area contributed by atoms with Gasteiger partial charge in [0.1, 0.15) is 17.2 Å². The Bertz CT molecular complexity index is 1350. The second kappa shape index (κ2) is 12.1. The number of amides is 1. The molecule has 1 aliphatic heterocycles. The molecule has 10 heteroatoms. The number of piperazine rings is 1. The fraction of sp³-hybridized carbons (Fsp3) is 0.321. The topological polar surface area (TPSA) is 97.4 Å². The maximum atomic E-state index is 12.9. The van der Waals surface area contributed by atoms with Crippen LogP contribution in [0.25, 0.3) is 0 Å². The highest BCUT2D eigenvalue weighted by atomic mass is 32.2. The van der Waals surface area contributed by atoms with E-state index < -0.39 is 10.0 Å². The van der Waals surface area contributed by atoms with Crippen molar-refractivity contribution in [2.45, 2.75) is 18.7 Å². The number of methoxy groups -OCH3 is 1. The summed E-state index contributed by atoms with van der Waals surface area (Å²) in [5, 5.41) is 0. The summed E-state index contributed by atoms with van der Waals surface area (Å²) in [5.41, 5.74) is 2.07. The molecular weight excluding hydrogens is 506 g/mol.